The van der Waals surface area contributed by atoms with Gasteiger partial charge in [-0.1, -0.05) is 0 Å². The lowest BCUT2D eigenvalue weighted by atomic mass is 10.0. The summed E-state index contributed by atoms with van der Waals surface area (Å²) in [7, 11) is 3.85. The average molecular weight is 241 g/mol. The highest BCUT2D eigenvalue weighted by molar-refractivity contribution is 5.82. The molecule has 0 aromatic rings. The lowest BCUT2D eigenvalue weighted by molar-refractivity contribution is -0.136. The zero-order chi connectivity index (χ0) is 13.1. The smallest absolute Gasteiger partial charge is 0.239 e. The fraction of sp³-hybridized carbons (Fsp3) is 0.923. The number of likely N-dealkylation sites (N-methyl/N-ethyl adjacent to an activating group) is 1. The minimum Gasteiger partial charge on any atom is -0.344 e. The van der Waals surface area contributed by atoms with Crippen LogP contribution in [0.25, 0.3) is 0 Å². The van der Waals surface area contributed by atoms with Crippen molar-refractivity contribution in [2.45, 2.75) is 45.2 Å². The first-order valence-electron chi connectivity index (χ1n) is 6.54. The summed E-state index contributed by atoms with van der Waals surface area (Å²) in [6.45, 7) is 9.35. The van der Waals surface area contributed by atoms with Gasteiger partial charge >= 0.3 is 0 Å². The van der Waals surface area contributed by atoms with Crippen molar-refractivity contribution in [3.8, 4) is 0 Å². The van der Waals surface area contributed by atoms with Gasteiger partial charge in [0, 0.05) is 25.7 Å². The van der Waals surface area contributed by atoms with Crippen LogP contribution in [0.15, 0.2) is 0 Å². The Morgan fingerprint density at radius 2 is 2.00 bits per heavy atom. The van der Waals surface area contributed by atoms with Crippen LogP contribution in [-0.2, 0) is 4.79 Å². The summed E-state index contributed by atoms with van der Waals surface area (Å²) < 4.78 is 0. The molecule has 1 fully saturated rings. The highest BCUT2D eigenvalue weighted by atomic mass is 16.2. The van der Waals surface area contributed by atoms with Gasteiger partial charge in [-0.15, -0.1) is 0 Å². The molecular formula is C13H27N3O. The Hall–Kier alpha value is -0.610. The van der Waals surface area contributed by atoms with Gasteiger partial charge < -0.3 is 10.2 Å². The molecule has 1 unspecified atom stereocenters. The molecule has 1 aliphatic rings. The number of rotatable bonds is 3. The van der Waals surface area contributed by atoms with E-state index in [1.807, 2.05) is 19.0 Å². The van der Waals surface area contributed by atoms with Gasteiger partial charge in [0.2, 0.25) is 5.91 Å². The summed E-state index contributed by atoms with van der Waals surface area (Å²) in [4.78, 5) is 16.6. The maximum Gasteiger partial charge on any atom is 0.239 e. The molecule has 0 saturated carbocycles. The van der Waals surface area contributed by atoms with Crippen LogP contribution in [0.4, 0.5) is 0 Å². The molecule has 0 spiro atoms. The van der Waals surface area contributed by atoms with Crippen molar-refractivity contribution >= 4 is 5.91 Å². The van der Waals surface area contributed by atoms with E-state index < -0.39 is 0 Å². The molecule has 1 saturated heterocycles. The number of hydrogen-bond donors (Lipinski definition) is 1. The molecule has 1 rings (SSSR count). The van der Waals surface area contributed by atoms with Crippen molar-refractivity contribution in [3.05, 3.63) is 0 Å². The van der Waals surface area contributed by atoms with Gasteiger partial charge in [0.15, 0.2) is 0 Å². The van der Waals surface area contributed by atoms with Crippen LogP contribution in [0.1, 0.15) is 33.6 Å². The standard InChI is InChI=1S/C13H27N3O/c1-13(2,3)16-10-6-9-15(5)12(17)11(16)7-8-14-4/h11,14H,6-10H2,1-5H3. The Kier molecular flexibility index (Phi) is 4.95. The Balaban J connectivity index is 2.87. The molecule has 1 N–H and O–H groups in total. The molecule has 0 aromatic heterocycles. The van der Waals surface area contributed by atoms with Crippen molar-refractivity contribution in [1.29, 1.82) is 0 Å². The maximum atomic E-state index is 12.4. The molecule has 100 valence electrons. The predicted molar refractivity (Wildman–Crippen MR) is 71.0 cm³/mol. The van der Waals surface area contributed by atoms with Crippen LogP contribution >= 0.6 is 0 Å². The molecule has 0 aliphatic carbocycles. The van der Waals surface area contributed by atoms with Gasteiger partial charge in [-0.05, 0) is 47.2 Å². The number of carbonyl (C=O) groups excluding carboxylic acids is 1. The van der Waals surface area contributed by atoms with Gasteiger partial charge in [-0.3, -0.25) is 9.69 Å². The number of nitrogens with one attached hydrogen (secondary N) is 1. The first-order valence-corrected chi connectivity index (χ1v) is 6.54. The van der Waals surface area contributed by atoms with Crippen LogP contribution in [0, 0.1) is 0 Å². The van der Waals surface area contributed by atoms with E-state index in [-0.39, 0.29) is 17.5 Å². The molecule has 0 radical (unpaired) electrons. The number of hydrogen-bond acceptors (Lipinski definition) is 3. The molecule has 4 heteroatoms. The molecule has 1 heterocycles. The Morgan fingerprint density at radius 1 is 1.35 bits per heavy atom. The van der Waals surface area contributed by atoms with Crippen LogP contribution in [0.5, 0.6) is 0 Å². The van der Waals surface area contributed by atoms with Crippen molar-refractivity contribution in [3.63, 3.8) is 0 Å². The maximum absolute atomic E-state index is 12.4. The molecule has 1 aliphatic heterocycles. The fourth-order valence-electron chi connectivity index (χ4n) is 2.50. The van der Waals surface area contributed by atoms with Crippen LogP contribution in [-0.4, -0.2) is 61.0 Å². The topological polar surface area (TPSA) is 35.6 Å². The predicted octanol–water partition coefficient (Wildman–Crippen LogP) is 0.927. The highest BCUT2D eigenvalue weighted by Gasteiger charge is 2.36. The van der Waals surface area contributed by atoms with Crippen molar-refractivity contribution in [1.82, 2.24) is 15.1 Å². The van der Waals surface area contributed by atoms with Crippen LogP contribution in [0.3, 0.4) is 0 Å². The van der Waals surface area contributed by atoms with Crippen molar-refractivity contribution in [2.24, 2.45) is 0 Å². The summed E-state index contributed by atoms with van der Waals surface area (Å²) in [5, 5.41) is 3.15. The zero-order valence-corrected chi connectivity index (χ0v) is 11.9. The van der Waals surface area contributed by atoms with Gasteiger partial charge in [0.1, 0.15) is 0 Å². The molecule has 0 aromatic carbocycles. The van der Waals surface area contributed by atoms with E-state index in [2.05, 4.69) is 31.0 Å². The quantitative estimate of drug-likeness (QED) is 0.798. The Bertz CT molecular complexity index is 260. The summed E-state index contributed by atoms with van der Waals surface area (Å²) in [6.07, 6.45) is 1.95. The van der Waals surface area contributed by atoms with Gasteiger partial charge in [-0.25, -0.2) is 0 Å². The lowest BCUT2D eigenvalue weighted by Crippen LogP contribution is -2.53. The van der Waals surface area contributed by atoms with E-state index in [1.165, 1.54) is 0 Å². The Labute approximate surface area is 105 Å². The molecule has 4 nitrogen and oxygen atoms in total. The zero-order valence-electron chi connectivity index (χ0n) is 11.9. The van der Waals surface area contributed by atoms with Gasteiger partial charge in [0.05, 0.1) is 6.04 Å². The van der Waals surface area contributed by atoms with E-state index in [0.29, 0.717) is 0 Å². The minimum absolute atomic E-state index is 0.0231. The lowest BCUT2D eigenvalue weighted by Gasteiger charge is -2.40. The first-order chi connectivity index (χ1) is 7.88. The van der Waals surface area contributed by atoms with Gasteiger partial charge in [-0.2, -0.15) is 0 Å². The Morgan fingerprint density at radius 3 is 2.53 bits per heavy atom. The summed E-state index contributed by atoms with van der Waals surface area (Å²) in [6, 6.07) is 0.0231. The third-order valence-electron chi connectivity index (χ3n) is 3.46. The van der Waals surface area contributed by atoms with Crippen LogP contribution in [0.2, 0.25) is 0 Å². The van der Waals surface area contributed by atoms with E-state index in [4.69, 9.17) is 0 Å². The molecule has 17 heavy (non-hydrogen) atoms. The second kappa shape index (κ2) is 5.83. The van der Waals surface area contributed by atoms with Gasteiger partial charge in [0.25, 0.3) is 0 Å². The van der Waals surface area contributed by atoms with E-state index in [0.717, 1.165) is 32.5 Å². The summed E-state index contributed by atoms with van der Waals surface area (Å²) in [5.41, 5.74) is 0.0548. The van der Waals surface area contributed by atoms with E-state index in [9.17, 15) is 4.79 Å². The van der Waals surface area contributed by atoms with Crippen molar-refractivity contribution < 1.29 is 4.79 Å². The number of carbonyl (C=O) groups is 1. The third-order valence-corrected chi connectivity index (χ3v) is 3.46. The normalized spacial score (nSPS) is 23.9. The highest BCUT2D eigenvalue weighted by Crippen LogP contribution is 2.23. The van der Waals surface area contributed by atoms with Crippen molar-refractivity contribution in [2.75, 3.05) is 33.7 Å². The molecule has 1 atom stereocenters. The monoisotopic (exact) mass is 241 g/mol. The largest absolute Gasteiger partial charge is 0.344 e. The molecule has 1 amide bonds. The number of amides is 1. The number of nitrogens with zero attached hydrogens (tertiary/aromatic N) is 2. The van der Waals surface area contributed by atoms with Crippen LogP contribution < -0.4 is 5.32 Å². The average Bonchev–Trinajstić information content (AvgIpc) is 2.37. The SMILES string of the molecule is CNCCC1C(=O)N(C)CCCN1C(C)(C)C. The minimum atomic E-state index is 0.0231. The second-order valence-corrected chi connectivity index (χ2v) is 5.89. The van der Waals surface area contributed by atoms with E-state index >= 15 is 0 Å². The summed E-state index contributed by atoms with van der Waals surface area (Å²) >= 11 is 0. The fourth-order valence-corrected chi connectivity index (χ4v) is 2.50. The first kappa shape index (κ1) is 14.5. The summed E-state index contributed by atoms with van der Waals surface area (Å²) in [5.74, 6) is 0.271. The molecular weight excluding hydrogens is 214 g/mol. The second-order valence-electron chi connectivity index (χ2n) is 5.89. The molecule has 0 bridgehead atoms. The third kappa shape index (κ3) is 3.68. The van der Waals surface area contributed by atoms with E-state index in [1.54, 1.807) is 0 Å².